The molecule has 2 aromatic carbocycles. The molecule has 26 heavy (non-hydrogen) atoms. The summed E-state index contributed by atoms with van der Waals surface area (Å²) in [5.74, 6) is 0.822. The maximum Gasteiger partial charge on any atom is 0.412 e. The average molecular weight is 348 g/mol. The molecule has 0 fully saturated rings. The first-order valence-corrected chi connectivity index (χ1v) is 8.04. The number of carbonyl (C=O) groups is 1. The number of methoxy groups -OCH3 is 1. The monoisotopic (exact) mass is 348 g/mol. The number of imidazole rings is 1. The third kappa shape index (κ3) is 3.14. The molecule has 0 aliphatic carbocycles. The summed E-state index contributed by atoms with van der Waals surface area (Å²) in [7, 11) is 1.29. The molecule has 0 aliphatic rings. The van der Waals surface area contributed by atoms with Crippen LogP contribution in [-0.4, -0.2) is 27.8 Å². The zero-order chi connectivity index (χ0) is 17.9. The van der Waals surface area contributed by atoms with Gasteiger partial charge >= 0.3 is 6.09 Å². The smallest absolute Gasteiger partial charge is 0.412 e. The summed E-state index contributed by atoms with van der Waals surface area (Å²) in [6.07, 6.45) is 1.01. The highest BCUT2D eigenvalue weighted by Gasteiger charge is 2.08. The third-order valence-corrected chi connectivity index (χ3v) is 3.97. The molecule has 2 heterocycles. The fraction of sp³-hybridized carbons (Fsp3) is 0.105. The van der Waals surface area contributed by atoms with E-state index < -0.39 is 6.09 Å². The number of rotatable bonds is 4. The van der Waals surface area contributed by atoms with Crippen LogP contribution in [0, 0.1) is 0 Å². The van der Waals surface area contributed by atoms with Crippen LogP contribution in [0.25, 0.3) is 16.4 Å². The second-order valence-corrected chi connectivity index (χ2v) is 5.64. The largest absolute Gasteiger partial charge is 0.472 e. The number of hydrogen-bond donors (Lipinski definition) is 1. The van der Waals surface area contributed by atoms with Crippen LogP contribution in [-0.2, 0) is 11.3 Å². The first-order valence-electron chi connectivity index (χ1n) is 8.04. The molecule has 0 saturated heterocycles. The van der Waals surface area contributed by atoms with Crippen molar-refractivity contribution < 1.29 is 14.3 Å². The van der Waals surface area contributed by atoms with Gasteiger partial charge < -0.3 is 9.47 Å². The lowest BCUT2D eigenvalue weighted by Gasteiger charge is -2.08. The van der Waals surface area contributed by atoms with E-state index in [9.17, 15) is 4.79 Å². The van der Waals surface area contributed by atoms with Crippen LogP contribution >= 0.6 is 0 Å². The second-order valence-electron chi connectivity index (χ2n) is 5.64. The molecule has 1 amide bonds. The van der Waals surface area contributed by atoms with Crippen molar-refractivity contribution in [3.8, 4) is 5.88 Å². The zero-order valence-electron chi connectivity index (χ0n) is 14.0. The number of ether oxygens (including phenoxy) is 2. The van der Waals surface area contributed by atoms with Crippen molar-refractivity contribution in [2.24, 2.45) is 0 Å². The van der Waals surface area contributed by atoms with Crippen LogP contribution < -0.4 is 10.1 Å². The van der Waals surface area contributed by atoms with Crippen LogP contribution in [0.2, 0.25) is 0 Å². The van der Waals surface area contributed by atoms with Crippen LogP contribution in [0.3, 0.4) is 0 Å². The number of anilines is 1. The minimum Gasteiger partial charge on any atom is -0.472 e. The SMILES string of the molecule is COC(=O)Nc1cn2nc(OCc3cccc4ccccc34)ccc2n1. The molecule has 0 atom stereocenters. The number of benzene rings is 2. The number of aromatic nitrogens is 3. The maximum absolute atomic E-state index is 11.3. The van der Waals surface area contributed by atoms with E-state index in [2.05, 4.69) is 38.3 Å². The zero-order valence-corrected chi connectivity index (χ0v) is 14.0. The second kappa shape index (κ2) is 6.72. The Morgan fingerprint density at radius 2 is 1.96 bits per heavy atom. The predicted octanol–water partition coefficient (Wildman–Crippen LogP) is 3.64. The Kier molecular flexibility index (Phi) is 4.10. The van der Waals surface area contributed by atoms with Crippen molar-refractivity contribution in [2.75, 3.05) is 12.4 Å². The highest BCUT2D eigenvalue weighted by molar-refractivity contribution is 5.85. The lowest BCUT2D eigenvalue weighted by molar-refractivity contribution is 0.187. The van der Waals surface area contributed by atoms with E-state index in [1.807, 2.05) is 24.3 Å². The maximum atomic E-state index is 11.3. The molecule has 4 aromatic rings. The van der Waals surface area contributed by atoms with Crippen molar-refractivity contribution >= 4 is 28.3 Å². The quantitative estimate of drug-likeness (QED) is 0.609. The van der Waals surface area contributed by atoms with E-state index in [-0.39, 0.29) is 0 Å². The molecule has 0 bridgehead atoms. The van der Waals surface area contributed by atoms with Crippen LogP contribution in [0.5, 0.6) is 5.88 Å². The Labute approximate surface area is 149 Å². The first kappa shape index (κ1) is 15.9. The Morgan fingerprint density at radius 1 is 1.12 bits per heavy atom. The van der Waals surface area contributed by atoms with E-state index in [1.165, 1.54) is 12.5 Å². The molecule has 2 aromatic heterocycles. The van der Waals surface area contributed by atoms with Crippen molar-refractivity contribution in [3.05, 3.63) is 66.4 Å². The van der Waals surface area contributed by atoms with Crippen molar-refractivity contribution in [1.29, 1.82) is 0 Å². The molecule has 0 radical (unpaired) electrons. The number of amides is 1. The van der Waals surface area contributed by atoms with E-state index in [0.29, 0.717) is 24.0 Å². The summed E-state index contributed by atoms with van der Waals surface area (Å²) < 4.78 is 11.9. The summed E-state index contributed by atoms with van der Waals surface area (Å²) in [5, 5.41) is 9.20. The topological polar surface area (TPSA) is 77.8 Å². The Bertz CT molecular complexity index is 1090. The number of hydrogen-bond acceptors (Lipinski definition) is 5. The number of carbonyl (C=O) groups excluding carboxylic acids is 1. The summed E-state index contributed by atoms with van der Waals surface area (Å²) in [6.45, 7) is 0.405. The molecule has 0 aliphatic heterocycles. The van der Waals surface area contributed by atoms with Crippen LogP contribution in [0.1, 0.15) is 5.56 Å². The van der Waals surface area contributed by atoms with Crippen LogP contribution in [0.15, 0.2) is 60.8 Å². The van der Waals surface area contributed by atoms with Gasteiger partial charge in [-0.15, -0.1) is 5.10 Å². The molecule has 1 N–H and O–H groups in total. The summed E-state index contributed by atoms with van der Waals surface area (Å²) in [6, 6.07) is 17.8. The number of nitrogens with zero attached hydrogens (tertiary/aromatic N) is 3. The van der Waals surface area contributed by atoms with Gasteiger partial charge in [-0.1, -0.05) is 42.5 Å². The fourth-order valence-electron chi connectivity index (χ4n) is 2.73. The van der Waals surface area contributed by atoms with Crippen molar-refractivity contribution in [2.45, 2.75) is 6.61 Å². The van der Waals surface area contributed by atoms with E-state index in [4.69, 9.17) is 4.74 Å². The lowest BCUT2D eigenvalue weighted by atomic mass is 10.1. The van der Waals surface area contributed by atoms with Gasteiger partial charge in [-0.25, -0.2) is 14.3 Å². The number of nitrogens with one attached hydrogen (secondary N) is 1. The molecular formula is C19H16N4O3. The first-order chi connectivity index (χ1) is 12.7. The van der Waals surface area contributed by atoms with Gasteiger partial charge in [0.15, 0.2) is 11.5 Å². The minimum atomic E-state index is -0.583. The van der Waals surface area contributed by atoms with Gasteiger partial charge in [0.05, 0.1) is 13.3 Å². The van der Waals surface area contributed by atoms with Gasteiger partial charge in [0.25, 0.3) is 0 Å². The molecule has 7 heteroatoms. The van der Waals surface area contributed by atoms with E-state index in [0.717, 1.165) is 10.9 Å². The molecule has 4 rings (SSSR count). The van der Waals surface area contributed by atoms with Gasteiger partial charge in [0.2, 0.25) is 5.88 Å². The van der Waals surface area contributed by atoms with E-state index in [1.54, 1.807) is 22.8 Å². The summed E-state index contributed by atoms with van der Waals surface area (Å²) in [4.78, 5) is 15.5. The normalized spacial score (nSPS) is 10.8. The summed E-state index contributed by atoms with van der Waals surface area (Å²) >= 11 is 0. The summed E-state index contributed by atoms with van der Waals surface area (Å²) in [5.41, 5.74) is 1.68. The van der Waals surface area contributed by atoms with Gasteiger partial charge in [-0.3, -0.25) is 5.32 Å². The molecule has 130 valence electrons. The Hall–Kier alpha value is -3.61. The van der Waals surface area contributed by atoms with Gasteiger partial charge in [-0.05, 0) is 22.4 Å². The molecule has 0 saturated carbocycles. The lowest BCUT2D eigenvalue weighted by Crippen LogP contribution is -2.10. The van der Waals surface area contributed by atoms with Gasteiger partial charge in [0.1, 0.15) is 6.61 Å². The Balaban J connectivity index is 1.54. The standard InChI is InChI=1S/C19H16N4O3/c1-25-19(24)21-16-11-23-17(20-16)9-10-18(22-23)26-12-14-7-4-6-13-5-2-3-8-15(13)14/h2-11H,12H2,1H3,(H,21,24). The fourth-order valence-corrected chi connectivity index (χ4v) is 2.73. The molecule has 0 spiro atoms. The van der Waals surface area contributed by atoms with E-state index >= 15 is 0 Å². The predicted molar refractivity (Wildman–Crippen MR) is 97.3 cm³/mol. The Morgan fingerprint density at radius 3 is 2.85 bits per heavy atom. The third-order valence-electron chi connectivity index (χ3n) is 3.97. The molecule has 0 unspecified atom stereocenters. The van der Waals surface area contributed by atoms with Crippen LogP contribution in [0.4, 0.5) is 10.6 Å². The van der Waals surface area contributed by atoms with Gasteiger partial charge in [0, 0.05) is 6.07 Å². The molecule has 7 nitrogen and oxygen atoms in total. The van der Waals surface area contributed by atoms with Crippen molar-refractivity contribution in [3.63, 3.8) is 0 Å². The highest BCUT2D eigenvalue weighted by atomic mass is 16.5. The minimum absolute atomic E-state index is 0.357. The van der Waals surface area contributed by atoms with Crippen molar-refractivity contribution in [1.82, 2.24) is 14.6 Å². The molecular weight excluding hydrogens is 332 g/mol. The highest BCUT2D eigenvalue weighted by Crippen LogP contribution is 2.20. The van der Waals surface area contributed by atoms with Gasteiger partial charge in [-0.2, -0.15) is 0 Å². The average Bonchev–Trinajstić information content (AvgIpc) is 3.07. The number of fused-ring (bicyclic) bond motifs is 2.